The maximum Gasteiger partial charge on any atom is 0.220 e. The van der Waals surface area contributed by atoms with Crippen LogP contribution in [0.25, 0.3) is 0 Å². The van der Waals surface area contributed by atoms with Gasteiger partial charge in [0.2, 0.25) is 11.8 Å². The molecule has 2 rings (SSSR count). The standard InChI is InChI=1S/C19H23BrN2O2/c1-2-3-13-24-19-16(8-6-12-21-19)14-22-18(23)11-10-15-7-4-5-9-17(15)20/h4-9,12H,2-3,10-11,13-14H2,1H3,(H,22,23). The molecular weight excluding hydrogens is 368 g/mol. The highest BCUT2D eigenvalue weighted by Crippen LogP contribution is 2.18. The fourth-order valence-electron chi connectivity index (χ4n) is 2.23. The van der Waals surface area contributed by atoms with E-state index in [4.69, 9.17) is 4.74 Å². The van der Waals surface area contributed by atoms with Gasteiger partial charge in [-0.25, -0.2) is 4.98 Å². The molecule has 0 fully saturated rings. The van der Waals surface area contributed by atoms with E-state index in [2.05, 4.69) is 33.2 Å². The van der Waals surface area contributed by atoms with E-state index in [1.54, 1.807) is 6.20 Å². The van der Waals surface area contributed by atoms with E-state index in [-0.39, 0.29) is 5.91 Å². The zero-order valence-electron chi connectivity index (χ0n) is 13.9. The van der Waals surface area contributed by atoms with E-state index in [1.165, 1.54) is 0 Å². The Kier molecular flexibility index (Phi) is 7.75. The summed E-state index contributed by atoms with van der Waals surface area (Å²) in [7, 11) is 0. The third-order valence-corrected chi connectivity index (χ3v) is 4.42. The summed E-state index contributed by atoms with van der Waals surface area (Å²) in [5, 5.41) is 2.95. The number of hydrogen-bond donors (Lipinski definition) is 1. The van der Waals surface area contributed by atoms with Crippen molar-refractivity contribution in [3.05, 3.63) is 58.2 Å². The maximum atomic E-state index is 12.1. The summed E-state index contributed by atoms with van der Waals surface area (Å²) in [6.45, 7) is 3.20. The number of halogens is 1. The summed E-state index contributed by atoms with van der Waals surface area (Å²) in [6, 6.07) is 11.8. The monoisotopic (exact) mass is 390 g/mol. The fourth-order valence-corrected chi connectivity index (χ4v) is 2.72. The molecule has 0 aliphatic rings. The van der Waals surface area contributed by atoms with E-state index in [9.17, 15) is 4.79 Å². The summed E-state index contributed by atoms with van der Waals surface area (Å²) in [6.07, 6.45) is 4.94. The highest BCUT2D eigenvalue weighted by molar-refractivity contribution is 9.10. The van der Waals surface area contributed by atoms with Gasteiger partial charge in [-0.1, -0.05) is 53.5 Å². The minimum absolute atomic E-state index is 0.0223. The first kappa shape index (κ1) is 18.5. The lowest BCUT2D eigenvalue weighted by molar-refractivity contribution is -0.121. The van der Waals surface area contributed by atoms with E-state index in [0.717, 1.165) is 28.4 Å². The molecule has 1 heterocycles. The molecule has 0 radical (unpaired) electrons. The quantitative estimate of drug-likeness (QED) is 0.650. The summed E-state index contributed by atoms with van der Waals surface area (Å²) < 4.78 is 6.72. The van der Waals surface area contributed by atoms with E-state index in [0.29, 0.717) is 31.9 Å². The Balaban J connectivity index is 1.82. The Bertz CT molecular complexity index is 661. The highest BCUT2D eigenvalue weighted by atomic mass is 79.9. The number of aryl methyl sites for hydroxylation is 1. The van der Waals surface area contributed by atoms with Crippen LogP contribution in [0.15, 0.2) is 47.1 Å². The van der Waals surface area contributed by atoms with Crippen LogP contribution in [0.3, 0.4) is 0 Å². The Hall–Kier alpha value is -1.88. The van der Waals surface area contributed by atoms with Gasteiger partial charge in [-0.05, 0) is 30.5 Å². The van der Waals surface area contributed by atoms with Crippen molar-refractivity contribution in [1.29, 1.82) is 0 Å². The molecule has 0 saturated heterocycles. The fraction of sp³-hybridized carbons (Fsp3) is 0.368. The van der Waals surface area contributed by atoms with Gasteiger partial charge in [0.15, 0.2) is 0 Å². The van der Waals surface area contributed by atoms with Crippen LogP contribution in [0, 0.1) is 0 Å². The van der Waals surface area contributed by atoms with Crippen LogP contribution >= 0.6 is 15.9 Å². The molecule has 1 N–H and O–H groups in total. The first-order chi connectivity index (χ1) is 11.7. The van der Waals surface area contributed by atoms with Gasteiger partial charge in [-0.15, -0.1) is 0 Å². The van der Waals surface area contributed by atoms with Gasteiger partial charge in [0.05, 0.1) is 6.61 Å². The van der Waals surface area contributed by atoms with Crippen molar-refractivity contribution in [2.45, 2.75) is 39.2 Å². The number of amides is 1. The lowest BCUT2D eigenvalue weighted by Crippen LogP contribution is -2.23. The average molecular weight is 391 g/mol. The molecule has 0 aliphatic heterocycles. The Morgan fingerprint density at radius 1 is 1.21 bits per heavy atom. The lowest BCUT2D eigenvalue weighted by atomic mass is 10.1. The molecule has 0 spiro atoms. The molecule has 0 atom stereocenters. The second kappa shape index (κ2) is 10.1. The molecule has 1 amide bonds. The van der Waals surface area contributed by atoms with Crippen LogP contribution in [0.5, 0.6) is 5.88 Å². The Morgan fingerprint density at radius 3 is 2.79 bits per heavy atom. The first-order valence-corrected chi connectivity index (χ1v) is 9.06. The van der Waals surface area contributed by atoms with Crippen molar-refractivity contribution in [2.24, 2.45) is 0 Å². The van der Waals surface area contributed by atoms with Gasteiger partial charge in [0.25, 0.3) is 0 Å². The number of carbonyl (C=O) groups is 1. The van der Waals surface area contributed by atoms with Crippen LogP contribution in [0.4, 0.5) is 0 Å². The van der Waals surface area contributed by atoms with Crippen LogP contribution in [-0.4, -0.2) is 17.5 Å². The number of carbonyl (C=O) groups excluding carboxylic acids is 1. The molecule has 0 unspecified atom stereocenters. The summed E-state index contributed by atoms with van der Waals surface area (Å²) in [4.78, 5) is 16.3. The predicted octanol–water partition coefficient (Wildman–Crippen LogP) is 4.27. The zero-order valence-corrected chi connectivity index (χ0v) is 15.5. The molecule has 0 bridgehead atoms. The minimum atomic E-state index is 0.0223. The van der Waals surface area contributed by atoms with Gasteiger partial charge in [-0.3, -0.25) is 4.79 Å². The number of hydrogen-bond acceptors (Lipinski definition) is 3. The summed E-state index contributed by atoms with van der Waals surface area (Å²) in [5.74, 6) is 0.631. The smallest absolute Gasteiger partial charge is 0.220 e. The number of aromatic nitrogens is 1. The van der Waals surface area contributed by atoms with Crippen molar-refractivity contribution in [3.8, 4) is 5.88 Å². The van der Waals surface area contributed by atoms with Crippen LogP contribution < -0.4 is 10.1 Å². The first-order valence-electron chi connectivity index (χ1n) is 8.27. The van der Waals surface area contributed by atoms with Crippen molar-refractivity contribution in [3.63, 3.8) is 0 Å². The third-order valence-electron chi connectivity index (χ3n) is 3.64. The lowest BCUT2D eigenvalue weighted by Gasteiger charge is -2.11. The van der Waals surface area contributed by atoms with Gasteiger partial charge in [0, 0.05) is 29.2 Å². The van der Waals surface area contributed by atoms with E-state index < -0.39 is 0 Å². The average Bonchev–Trinajstić information content (AvgIpc) is 2.60. The summed E-state index contributed by atoms with van der Waals surface area (Å²) in [5.41, 5.74) is 2.04. The molecule has 128 valence electrons. The molecule has 1 aromatic carbocycles. The molecule has 0 saturated carbocycles. The van der Waals surface area contributed by atoms with Crippen molar-refractivity contribution in [1.82, 2.24) is 10.3 Å². The molecule has 0 aliphatic carbocycles. The number of nitrogens with one attached hydrogen (secondary N) is 1. The van der Waals surface area contributed by atoms with Crippen LogP contribution in [0.1, 0.15) is 37.3 Å². The minimum Gasteiger partial charge on any atom is -0.477 e. The molecule has 2 aromatic rings. The second-order valence-corrected chi connectivity index (χ2v) is 6.39. The predicted molar refractivity (Wildman–Crippen MR) is 98.9 cm³/mol. The number of pyridine rings is 1. The topological polar surface area (TPSA) is 51.2 Å². The molecule has 1 aromatic heterocycles. The van der Waals surface area contributed by atoms with Crippen molar-refractivity contribution < 1.29 is 9.53 Å². The van der Waals surface area contributed by atoms with E-state index >= 15 is 0 Å². The molecule has 5 heteroatoms. The molecular formula is C19H23BrN2O2. The number of benzene rings is 1. The largest absolute Gasteiger partial charge is 0.477 e. The van der Waals surface area contributed by atoms with Gasteiger partial charge < -0.3 is 10.1 Å². The Morgan fingerprint density at radius 2 is 2.00 bits per heavy atom. The number of rotatable bonds is 9. The van der Waals surface area contributed by atoms with Gasteiger partial charge >= 0.3 is 0 Å². The number of unbranched alkanes of at least 4 members (excludes halogenated alkanes) is 1. The van der Waals surface area contributed by atoms with Crippen molar-refractivity contribution in [2.75, 3.05) is 6.61 Å². The number of nitrogens with zero attached hydrogens (tertiary/aromatic N) is 1. The number of ether oxygens (including phenoxy) is 1. The Labute approximate surface area is 151 Å². The maximum absolute atomic E-state index is 12.1. The van der Waals surface area contributed by atoms with E-state index in [1.807, 2.05) is 36.4 Å². The van der Waals surface area contributed by atoms with Crippen LogP contribution in [-0.2, 0) is 17.8 Å². The molecule has 4 nitrogen and oxygen atoms in total. The van der Waals surface area contributed by atoms with Gasteiger partial charge in [-0.2, -0.15) is 0 Å². The normalized spacial score (nSPS) is 10.4. The SMILES string of the molecule is CCCCOc1ncccc1CNC(=O)CCc1ccccc1Br. The third kappa shape index (κ3) is 5.96. The van der Waals surface area contributed by atoms with Crippen molar-refractivity contribution >= 4 is 21.8 Å². The molecule has 24 heavy (non-hydrogen) atoms. The van der Waals surface area contributed by atoms with Gasteiger partial charge in [0.1, 0.15) is 0 Å². The highest BCUT2D eigenvalue weighted by Gasteiger charge is 2.08. The van der Waals surface area contributed by atoms with Crippen LogP contribution in [0.2, 0.25) is 0 Å². The summed E-state index contributed by atoms with van der Waals surface area (Å²) >= 11 is 3.51. The second-order valence-electron chi connectivity index (χ2n) is 5.54. The zero-order chi connectivity index (χ0) is 17.2.